The maximum atomic E-state index is 12.3. The van der Waals surface area contributed by atoms with Crippen LogP contribution in [0.2, 0.25) is 0 Å². The summed E-state index contributed by atoms with van der Waals surface area (Å²) in [4.78, 5) is 14.4. The van der Waals surface area contributed by atoms with Crippen molar-refractivity contribution in [2.24, 2.45) is 5.92 Å². The van der Waals surface area contributed by atoms with Gasteiger partial charge in [-0.05, 0) is 53.7 Å². The van der Waals surface area contributed by atoms with Crippen LogP contribution < -0.4 is 0 Å². The summed E-state index contributed by atoms with van der Waals surface area (Å²) < 4.78 is 2.39. The monoisotopic (exact) mass is 456 g/mol. The summed E-state index contributed by atoms with van der Waals surface area (Å²) in [6, 6.07) is 1.74. The molecule has 1 aromatic heterocycles. The molecule has 98 valence electrons. The van der Waals surface area contributed by atoms with Crippen molar-refractivity contribution >= 4 is 65.0 Å². The number of hydrogen-bond acceptors (Lipinski definition) is 3. The smallest absolute Gasteiger partial charge is 0.265 e. The van der Waals surface area contributed by atoms with E-state index in [1.165, 1.54) is 16.2 Å². The third-order valence-electron chi connectivity index (χ3n) is 2.45. The zero-order valence-corrected chi connectivity index (χ0v) is 15.6. The molecule has 3 nitrogen and oxygen atoms in total. The standard InChI is InChI=1S/C11H11Br3N2OS/c1-5(2)6(4-15)16(3)11(17)9-7(12)8(13)10(14)18-9/h5-6H,1-3H3. The molecule has 1 unspecified atom stereocenters. The van der Waals surface area contributed by atoms with E-state index < -0.39 is 6.04 Å². The number of thiophene rings is 1. The van der Waals surface area contributed by atoms with Gasteiger partial charge in [0.05, 0.1) is 18.8 Å². The quantitative estimate of drug-likeness (QED) is 0.661. The summed E-state index contributed by atoms with van der Waals surface area (Å²) >= 11 is 11.5. The SMILES string of the molecule is CC(C)C(C#N)N(C)C(=O)c1sc(Br)c(Br)c1Br. The van der Waals surface area contributed by atoms with Crippen LogP contribution in [-0.4, -0.2) is 23.9 Å². The summed E-state index contributed by atoms with van der Waals surface area (Å²) in [5.74, 6) is -0.0619. The molecule has 18 heavy (non-hydrogen) atoms. The van der Waals surface area contributed by atoms with E-state index in [1.54, 1.807) is 7.05 Å². The van der Waals surface area contributed by atoms with Crippen LogP contribution in [0.4, 0.5) is 0 Å². The number of rotatable bonds is 3. The number of carbonyl (C=O) groups is 1. The van der Waals surface area contributed by atoms with Crippen LogP contribution in [0.1, 0.15) is 23.5 Å². The van der Waals surface area contributed by atoms with Crippen molar-refractivity contribution in [2.75, 3.05) is 7.05 Å². The predicted octanol–water partition coefficient (Wildman–Crippen LogP) is 4.66. The van der Waals surface area contributed by atoms with E-state index in [2.05, 4.69) is 53.9 Å². The molecule has 1 heterocycles. The Labute approximate surface area is 136 Å². The predicted molar refractivity (Wildman–Crippen MR) is 83.8 cm³/mol. The molecule has 1 aromatic rings. The molecule has 0 aromatic carbocycles. The first-order valence-electron chi connectivity index (χ1n) is 5.11. The molecule has 1 amide bonds. The second-order valence-electron chi connectivity index (χ2n) is 4.07. The molecule has 7 heteroatoms. The molecule has 0 aliphatic rings. The summed E-state index contributed by atoms with van der Waals surface area (Å²) in [7, 11) is 1.66. The minimum atomic E-state index is -0.427. The third kappa shape index (κ3) is 3.16. The van der Waals surface area contributed by atoms with Crippen LogP contribution in [0.3, 0.4) is 0 Å². The molecule has 0 N–H and O–H groups in total. The van der Waals surface area contributed by atoms with Gasteiger partial charge in [-0.15, -0.1) is 11.3 Å². The molecule has 0 fully saturated rings. The van der Waals surface area contributed by atoms with Crippen LogP contribution in [0.5, 0.6) is 0 Å². The summed E-state index contributed by atoms with van der Waals surface area (Å²) in [5, 5.41) is 9.12. The number of nitriles is 1. The van der Waals surface area contributed by atoms with E-state index in [-0.39, 0.29) is 11.8 Å². The highest BCUT2D eigenvalue weighted by molar-refractivity contribution is 9.14. The van der Waals surface area contributed by atoms with Gasteiger partial charge < -0.3 is 4.90 Å². The second-order valence-corrected chi connectivity index (χ2v) is 7.99. The molecule has 0 radical (unpaired) electrons. The Hall–Kier alpha value is 0.1000. The Kier molecular flexibility index (Phi) is 5.84. The molecular formula is C11H11Br3N2OS. The van der Waals surface area contributed by atoms with Gasteiger partial charge in [0, 0.05) is 7.05 Å². The van der Waals surface area contributed by atoms with Crippen LogP contribution in [0.15, 0.2) is 12.7 Å². The minimum absolute atomic E-state index is 0.0922. The van der Waals surface area contributed by atoms with Gasteiger partial charge in [-0.25, -0.2) is 0 Å². The molecular weight excluding hydrogens is 448 g/mol. The van der Waals surface area contributed by atoms with Crippen LogP contribution >= 0.6 is 59.1 Å². The Balaban J connectivity index is 3.08. The number of hydrogen-bond donors (Lipinski definition) is 0. The van der Waals surface area contributed by atoms with Gasteiger partial charge in [-0.1, -0.05) is 13.8 Å². The topological polar surface area (TPSA) is 44.1 Å². The summed E-state index contributed by atoms with van der Waals surface area (Å²) in [6.07, 6.45) is 0. The van der Waals surface area contributed by atoms with Crippen molar-refractivity contribution in [1.82, 2.24) is 4.90 Å². The number of amides is 1. The first-order chi connectivity index (χ1) is 8.31. The molecule has 0 saturated carbocycles. The van der Waals surface area contributed by atoms with Gasteiger partial charge in [0.25, 0.3) is 5.91 Å². The molecule has 0 spiro atoms. The average molecular weight is 459 g/mol. The van der Waals surface area contributed by atoms with E-state index >= 15 is 0 Å². The van der Waals surface area contributed by atoms with Gasteiger partial charge >= 0.3 is 0 Å². The first kappa shape index (κ1) is 16.2. The highest BCUT2D eigenvalue weighted by Crippen LogP contribution is 2.41. The van der Waals surface area contributed by atoms with Gasteiger partial charge in [0.2, 0.25) is 0 Å². The van der Waals surface area contributed by atoms with Crippen molar-refractivity contribution in [3.8, 4) is 6.07 Å². The Morgan fingerprint density at radius 2 is 1.89 bits per heavy atom. The van der Waals surface area contributed by atoms with E-state index in [0.717, 1.165) is 12.7 Å². The molecule has 0 aliphatic heterocycles. The molecule has 0 saturated heterocycles. The lowest BCUT2D eigenvalue weighted by atomic mass is 10.0. The van der Waals surface area contributed by atoms with Gasteiger partial charge in [-0.2, -0.15) is 5.26 Å². The van der Waals surface area contributed by atoms with Gasteiger partial charge in [0.1, 0.15) is 10.9 Å². The van der Waals surface area contributed by atoms with E-state index in [9.17, 15) is 4.79 Å². The summed E-state index contributed by atoms with van der Waals surface area (Å²) in [5.41, 5.74) is 0. The van der Waals surface area contributed by atoms with Crippen molar-refractivity contribution < 1.29 is 4.79 Å². The lowest BCUT2D eigenvalue weighted by Gasteiger charge is -2.25. The molecule has 1 atom stereocenters. The second kappa shape index (κ2) is 6.51. The largest absolute Gasteiger partial charge is 0.325 e. The average Bonchev–Trinajstić information content (AvgIpc) is 2.56. The fourth-order valence-electron chi connectivity index (χ4n) is 1.47. The van der Waals surface area contributed by atoms with Crippen LogP contribution in [0, 0.1) is 17.2 Å². The third-order valence-corrected chi connectivity index (χ3v) is 7.48. The fourth-order valence-corrected chi connectivity index (χ4v) is 4.53. The number of nitrogens with zero attached hydrogens (tertiary/aromatic N) is 2. The summed E-state index contributed by atoms with van der Waals surface area (Å²) in [6.45, 7) is 3.85. The van der Waals surface area contributed by atoms with Gasteiger partial charge in [0.15, 0.2) is 0 Å². The first-order valence-corrected chi connectivity index (χ1v) is 8.30. The maximum Gasteiger partial charge on any atom is 0.265 e. The fraction of sp³-hybridized carbons (Fsp3) is 0.455. The molecule has 0 aliphatic carbocycles. The Morgan fingerprint density at radius 3 is 2.22 bits per heavy atom. The number of carbonyl (C=O) groups excluding carboxylic acids is 1. The molecule has 0 bridgehead atoms. The maximum absolute atomic E-state index is 12.3. The minimum Gasteiger partial charge on any atom is -0.325 e. The number of halogens is 3. The Bertz CT molecular complexity index is 507. The lowest BCUT2D eigenvalue weighted by Crippen LogP contribution is -2.39. The van der Waals surface area contributed by atoms with Crippen molar-refractivity contribution in [3.05, 3.63) is 17.6 Å². The van der Waals surface area contributed by atoms with E-state index in [0.29, 0.717) is 4.88 Å². The van der Waals surface area contributed by atoms with Crippen LogP contribution in [-0.2, 0) is 0 Å². The molecule has 1 rings (SSSR count). The highest BCUT2D eigenvalue weighted by atomic mass is 79.9. The van der Waals surface area contributed by atoms with Crippen LogP contribution in [0.25, 0.3) is 0 Å². The van der Waals surface area contributed by atoms with Crippen molar-refractivity contribution in [1.29, 1.82) is 5.26 Å². The highest BCUT2D eigenvalue weighted by Gasteiger charge is 2.27. The lowest BCUT2D eigenvalue weighted by molar-refractivity contribution is 0.0740. The van der Waals surface area contributed by atoms with Crippen molar-refractivity contribution in [2.45, 2.75) is 19.9 Å². The zero-order valence-electron chi connectivity index (χ0n) is 10.00. The Morgan fingerprint density at radius 1 is 1.33 bits per heavy atom. The normalized spacial score (nSPS) is 12.3. The van der Waals surface area contributed by atoms with E-state index in [1.807, 2.05) is 13.8 Å². The van der Waals surface area contributed by atoms with Crippen molar-refractivity contribution in [3.63, 3.8) is 0 Å². The van der Waals surface area contributed by atoms with E-state index in [4.69, 9.17) is 5.26 Å². The zero-order chi connectivity index (χ0) is 14.0. The van der Waals surface area contributed by atoms with Gasteiger partial charge in [-0.3, -0.25) is 4.79 Å².